The molecule has 0 atom stereocenters. The molecule has 0 aliphatic carbocycles. The Balaban J connectivity index is 1.97. The normalized spacial score (nSPS) is 7.50. The maximum Gasteiger partial charge on any atom is 0.0261 e. The first-order chi connectivity index (χ1) is 1.91. The van der Waals surface area contributed by atoms with E-state index in [-0.39, 0.29) is 0 Å². The molecule has 26 valence electrons. The maximum atomic E-state index is 7.46. The summed E-state index contributed by atoms with van der Waals surface area (Å²) in [6, 6.07) is 0. The fraction of sp³-hybridized carbons (Fsp3) is 0. The van der Waals surface area contributed by atoms with Gasteiger partial charge in [-0.25, -0.2) is 0 Å². The molecular formula is H4N2OS. The molecular weight excluding hydrogens is 76.1 g/mol. The molecule has 0 heterocycles. The van der Waals surface area contributed by atoms with Crippen LogP contribution in [-0.2, 0) is 0 Å². The summed E-state index contributed by atoms with van der Waals surface area (Å²) in [6.07, 6.45) is 0. The molecule has 4 N–H and O–H groups in total. The lowest BCUT2D eigenvalue weighted by molar-refractivity contribution is 0.258. The summed E-state index contributed by atoms with van der Waals surface area (Å²) in [7, 11) is 0. The van der Waals surface area contributed by atoms with Gasteiger partial charge in [0.05, 0.1) is 0 Å². The fourth-order valence-electron chi connectivity index (χ4n) is 0. The third kappa shape index (κ3) is 2.23. The van der Waals surface area contributed by atoms with Crippen molar-refractivity contribution in [1.29, 1.82) is 0 Å². The lowest BCUT2D eigenvalue weighted by Crippen LogP contribution is -1.96. The molecule has 0 aliphatic heterocycles. The van der Waals surface area contributed by atoms with E-state index in [9.17, 15) is 0 Å². The van der Waals surface area contributed by atoms with Crippen LogP contribution < -0.4 is 10.0 Å². The number of nitrogens with one attached hydrogen (secondary N) is 1. The summed E-state index contributed by atoms with van der Waals surface area (Å²) in [4.78, 5) is 1.62. The molecule has 0 saturated carbocycles. The summed E-state index contributed by atoms with van der Waals surface area (Å²) in [6.45, 7) is 0. The highest BCUT2D eigenvalue weighted by atomic mass is 32.2. The van der Waals surface area contributed by atoms with Gasteiger partial charge in [0.2, 0.25) is 0 Å². The average Bonchev–Trinajstić information content (AvgIpc) is 1.37. The molecule has 0 unspecified atom stereocenters. The molecule has 0 amide bonds. The topological polar surface area (TPSA) is 58.3 Å². The molecule has 0 fully saturated rings. The molecule has 0 aliphatic rings. The Morgan fingerprint density at radius 3 is 2.25 bits per heavy atom. The van der Waals surface area contributed by atoms with Gasteiger partial charge in [0.15, 0.2) is 0 Å². The zero-order valence-electron chi connectivity index (χ0n) is 1.93. The zero-order valence-corrected chi connectivity index (χ0v) is 2.75. The van der Waals surface area contributed by atoms with E-state index in [1.54, 1.807) is 4.89 Å². The summed E-state index contributed by atoms with van der Waals surface area (Å²) in [5, 5.41) is 12.0. The van der Waals surface area contributed by atoms with E-state index in [0.29, 0.717) is 12.1 Å². The largest absolute Gasteiger partial charge is 0.305 e. The highest BCUT2D eigenvalue weighted by molar-refractivity contribution is 7.94. The molecule has 0 radical (unpaired) electrons. The highest BCUT2D eigenvalue weighted by Crippen LogP contribution is 1.60. The first-order valence-electron chi connectivity index (χ1n) is 0.663. The Morgan fingerprint density at radius 1 is 2.00 bits per heavy atom. The van der Waals surface area contributed by atoms with Crippen molar-refractivity contribution in [3.8, 4) is 0 Å². The van der Waals surface area contributed by atoms with Gasteiger partial charge in [0, 0.05) is 12.1 Å². The minimum Gasteiger partial charge on any atom is -0.305 e. The van der Waals surface area contributed by atoms with Crippen LogP contribution in [0, 0.1) is 0 Å². The van der Waals surface area contributed by atoms with E-state index in [0.717, 1.165) is 0 Å². The van der Waals surface area contributed by atoms with Crippen LogP contribution in [0.4, 0.5) is 0 Å². The molecule has 0 aromatic heterocycles. The quantitative estimate of drug-likeness (QED) is 0.293. The van der Waals surface area contributed by atoms with E-state index >= 15 is 0 Å². The van der Waals surface area contributed by atoms with Crippen LogP contribution in [0.3, 0.4) is 0 Å². The zero-order chi connectivity index (χ0) is 3.41. The van der Waals surface area contributed by atoms with Gasteiger partial charge in [-0.3, -0.25) is 5.14 Å². The lowest BCUT2D eigenvalue weighted by atomic mass is 13.5. The van der Waals surface area contributed by atoms with Crippen molar-refractivity contribution >= 4 is 12.1 Å². The molecule has 0 rings (SSSR count). The van der Waals surface area contributed by atoms with Gasteiger partial charge in [-0.1, -0.05) is 0 Å². The number of nitrogens with two attached hydrogens (primary N) is 1. The number of hydrogen-bond donors (Lipinski definition) is 3. The van der Waals surface area contributed by atoms with Gasteiger partial charge in [-0.05, 0) is 0 Å². The number of rotatable bonds is 1. The first kappa shape index (κ1) is 4.23. The summed E-state index contributed by atoms with van der Waals surface area (Å²) < 4.78 is 0. The molecule has 0 aromatic rings. The molecule has 0 saturated heterocycles. The van der Waals surface area contributed by atoms with Crippen molar-refractivity contribution < 1.29 is 5.21 Å². The summed E-state index contributed by atoms with van der Waals surface area (Å²) in [5.74, 6) is 0. The van der Waals surface area contributed by atoms with Crippen LogP contribution in [0.25, 0.3) is 0 Å². The summed E-state index contributed by atoms with van der Waals surface area (Å²) in [5.41, 5.74) is 0. The SMILES string of the molecule is NSNO. The fourth-order valence-corrected chi connectivity index (χ4v) is 0. The summed E-state index contributed by atoms with van der Waals surface area (Å²) >= 11 is 0.662. The predicted octanol–water partition coefficient (Wildman–Crippen LogP) is -0.513. The van der Waals surface area contributed by atoms with Crippen molar-refractivity contribution in [3.63, 3.8) is 0 Å². The highest BCUT2D eigenvalue weighted by Gasteiger charge is 1.51. The standard InChI is InChI=1S/H4N2OS/c1-4-2-3/h2-3H,1H2. The Hall–Kier alpha value is 0.230. The minimum absolute atomic E-state index is 0.662. The Labute approximate surface area is 28.4 Å². The van der Waals surface area contributed by atoms with E-state index in [1.807, 2.05) is 0 Å². The van der Waals surface area contributed by atoms with Crippen molar-refractivity contribution in [2.75, 3.05) is 0 Å². The van der Waals surface area contributed by atoms with E-state index in [2.05, 4.69) is 5.14 Å². The second-order valence-corrected chi connectivity index (χ2v) is 0.627. The monoisotopic (exact) mass is 80.0 g/mol. The van der Waals surface area contributed by atoms with Gasteiger partial charge < -0.3 is 5.21 Å². The lowest BCUT2D eigenvalue weighted by Gasteiger charge is -1.74. The number of hydrogen-bond acceptors (Lipinski definition) is 4. The van der Waals surface area contributed by atoms with Gasteiger partial charge >= 0.3 is 0 Å². The van der Waals surface area contributed by atoms with E-state index in [1.165, 1.54) is 0 Å². The third-order valence-corrected chi connectivity index (χ3v) is 0.158. The van der Waals surface area contributed by atoms with Crippen molar-refractivity contribution in [3.05, 3.63) is 0 Å². The van der Waals surface area contributed by atoms with Crippen molar-refractivity contribution in [2.24, 2.45) is 5.14 Å². The Kier molecular flexibility index (Phi) is 3.42. The molecule has 3 nitrogen and oxygen atoms in total. The molecule has 0 aromatic carbocycles. The van der Waals surface area contributed by atoms with Crippen molar-refractivity contribution in [1.82, 2.24) is 4.89 Å². The van der Waals surface area contributed by atoms with Crippen LogP contribution in [0.15, 0.2) is 0 Å². The molecule has 4 heteroatoms. The molecule has 0 bridgehead atoms. The second-order valence-electron chi connectivity index (χ2n) is 0.209. The third-order valence-electron chi connectivity index (χ3n) is 0.0527. The van der Waals surface area contributed by atoms with Gasteiger partial charge in [0.25, 0.3) is 0 Å². The average molecular weight is 80.1 g/mol. The van der Waals surface area contributed by atoms with Crippen LogP contribution in [0.5, 0.6) is 0 Å². The second kappa shape index (κ2) is 3.23. The van der Waals surface area contributed by atoms with Gasteiger partial charge in [-0.2, -0.15) is 0 Å². The van der Waals surface area contributed by atoms with Crippen molar-refractivity contribution in [2.45, 2.75) is 0 Å². The minimum atomic E-state index is 0.662. The predicted molar refractivity (Wildman–Crippen MR) is 16.7 cm³/mol. The van der Waals surface area contributed by atoms with Crippen LogP contribution in [-0.4, -0.2) is 5.21 Å². The van der Waals surface area contributed by atoms with E-state index < -0.39 is 0 Å². The van der Waals surface area contributed by atoms with Crippen LogP contribution in [0.2, 0.25) is 0 Å². The smallest absolute Gasteiger partial charge is 0.0261 e. The maximum absolute atomic E-state index is 7.46. The van der Waals surface area contributed by atoms with Gasteiger partial charge in [0.1, 0.15) is 0 Å². The first-order valence-corrected chi connectivity index (χ1v) is 1.54. The Bertz CT molecular complexity index is 8.00. The Morgan fingerprint density at radius 2 is 2.25 bits per heavy atom. The molecule has 4 heavy (non-hydrogen) atoms. The van der Waals surface area contributed by atoms with Crippen LogP contribution >= 0.6 is 12.1 Å². The van der Waals surface area contributed by atoms with Gasteiger partial charge in [-0.15, -0.1) is 4.89 Å². The molecule has 0 spiro atoms. The van der Waals surface area contributed by atoms with Crippen LogP contribution in [0.1, 0.15) is 0 Å². The van der Waals surface area contributed by atoms with E-state index in [4.69, 9.17) is 5.21 Å².